The van der Waals surface area contributed by atoms with E-state index in [-0.39, 0.29) is 4.90 Å². The highest BCUT2D eigenvalue weighted by Crippen LogP contribution is 2.25. The van der Waals surface area contributed by atoms with Crippen LogP contribution in [-0.2, 0) is 0 Å². The number of rotatable bonds is 1. The summed E-state index contributed by atoms with van der Waals surface area (Å²) in [6, 6.07) is -1.67. The van der Waals surface area contributed by atoms with Gasteiger partial charge in [-0.3, -0.25) is 0 Å². The summed E-state index contributed by atoms with van der Waals surface area (Å²) in [6.45, 7) is -11.3. The van der Waals surface area contributed by atoms with Gasteiger partial charge >= 0.3 is 0 Å². The summed E-state index contributed by atoms with van der Waals surface area (Å²) in [5.74, 6) is -4.97. The lowest BCUT2D eigenvalue weighted by Crippen LogP contribution is -2.35. The number of pyridine rings is 1. The molecule has 1 aliphatic rings. The molecule has 0 spiro atoms. The molecule has 1 aromatic rings. The minimum atomic E-state index is -3.89. The number of nitrogens with two attached hydrogens (primary N) is 1. The van der Waals surface area contributed by atoms with Gasteiger partial charge in [0.2, 0.25) is 0 Å². The van der Waals surface area contributed by atoms with Gasteiger partial charge in [-0.15, -0.1) is 0 Å². The van der Waals surface area contributed by atoms with Crippen LogP contribution in [0.25, 0.3) is 0 Å². The summed E-state index contributed by atoms with van der Waals surface area (Å²) in [7, 11) is 0. The van der Waals surface area contributed by atoms with Gasteiger partial charge in [-0.05, 0) is 30.7 Å². The third-order valence-corrected chi connectivity index (χ3v) is 1.45. The lowest BCUT2D eigenvalue weighted by molar-refractivity contribution is 0.445. The van der Waals surface area contributed by atoms with Crippen LogP contribution in [0.5, 0.6) is 0 Å². The number of nitrogen functional groups attached to an aromatic ring is 1. The Labute approximate surface area is 106 Å². The van der Waals surface area contributed by atoms with Crippen molar-refractivity contribution in [2.24, 2.45) is 5.89 Å². The minimum absolute atomic E-state index is 0.244. The molecule has 0 bridgehead atoms. The lowest BCUT2D eigenvalue weighted by Gasteiger charge is -2.32. The van der Waals surface area contributed by atoms with Gasteiger partial charge in [-0.2, -0.15) is 0 Å². The van der Waals surface area contributed by atoms with E-state index in [9.17, 15) is 0 Å². The highest BCUT2D eigenvalue weighted by atomic mass is 15.2. The molecule has 0 amide bonds. The van der Waals surface area contributed by atoms with Crippen molar-refractivity contribution >= 4 is 11.5 Å². The quantitative estimate of drug-likeness (QED) is 0.763. The zero-order valence-electron chi connectivity index (χ0n) is 22.0. The summed E-state index contributed by atoms with van der Waals surface area (Å²) in [6.07, 6.45) is -8.63. The van der Waals surface area contributed by atoms with E-state index in [2.05, 4.69) is 4.98 Å². The van der Waals surface area contributed by atoms with E-state index in [1.165, 1.54) is 0 Å². The molecule has 3 heteroatoms. The normalized spacial score (nSPS) is 58.6. The summed E-state index contributed by atoms with van der Waals surface area (Å²) in [4.78, 5) is 3.19. The summed E-state index contributed by atoms with van der Waals surface area (Å²) in [5, 5.41) is 0. The van der Waals surface area contributed by atoms with Crippen LogP contribution in [0.2, 0.25) is 0 Å². The molecule has 1 atom stereocenters. The highest BCUT2D eigenvalue weighted by molar-refractivity contribution is 5.62. The van der Waals surface area contributed by atoms with Gasteiger partial charge in [0.15, 0.2) is 5.82 Å². The predicted molar refractivity (Wildman–Crippen MR) is 59.3 cm³/mol. The first-order valence-electron chi connectivity index (χ1n) is 11.2. The second-order valence-corrected chi connectivity index (χ2v) is 2.39. The average Bonchev–Trinajstić information content (AvgIpc) is 2.53. The Kier molecular flexibility index (Phi) is 0.588. The number of anilines is 2. The molecular weight excluding hydrogens is 174 g/mol. The SMILES string of the molecule is [2H]c1nc(N2C([2H])([2H])C([2H])([2H])C([2H])([2H])C([2H])(C([2H])([2H])[2H])C2([2H])[2H])c(N)c([2H])c1[2H]. The van der Waals surface area contributed by atoms with Gasteiger partial charge in [0.25, 0.3) is 0 Å². The van der Waals surface area contributed by atoms with Gasteiger partial charge in [-0.25, -0.2) is 4.98 Å². The van der Waals surface area contributed by atoms with Crippen LogP contribution in [0, 0.1) is 5.89 Å². The van der Waals surface area contributed by atoms with Gasteiger partial charge in [0.05, 0.1) is 9.80 Å². The molecule has 1 aliphatic heterocycles. The maximum Gasteiger partial charge on any atom is 0.151 e. The minimum Gasteiger partial charge on any atom is -0.396 e. The zero-order chi connectivity index (χ0) is 23.2. The van der Waals surface area contributed by atoms with E-state index in [0.29, 0.717) is 0 Å². The second kappa shape index (κ2) is 3.86. The van der Waals surface area contributed by atoms with Crippen LogP contribution in [0.3, 0.4) is 0 Å². The number of hydrogen-bond donors (Lipinski definition) is 1. The number of nitrogens with zero attached hydrogens (tertiary/aromatic N) is 2. The van der Waals surface area contributed by atoms with Gasteiger partial charge in [0.1, 0.15) is 0 Å². The first kappa shape index (κ1) is 2.13. The van der Waals surface area contributed by atoms with E-state index in [1.807, 2.05) is 0 Å². The van der Waals surface area contributed by atoms with Crippen molar-refractivity contribution in [1.29, 1.82) is 0 Å². The van der Waals surface area contributed by atoms with Crippen molar-refractivity contribution in [3.63, 3.8) is 0 Å². The second-order valence-electron chi connectivity index (χ2n) is 2.39. The van der Waals surface area contributed by atoms with Gasteiger partial charge in [0, 0.05) is 35.6 Å². The van der Waals surface area contributed by atoms with E-state index in [4.69, 9.17) is 26.3 Å². The van der Waals surface area contributed by atoms with Crippen LogP contribution in [0.15, 0.2) is 18.3 Å². The Balaban J connectivity index is 3.04. The Hall–Kier alpha value is -1.25. The summed E-state index contributed by atoms with van der Waals surface area (Å²) < 4.78 is 118. The third-order valence-electron chi connectivity index (χ3n) is 1.45. The fourth-order valence-electron chi connectivity index (χ4n) is 0.883. The number of aromatic nitrogens is 1. The Bertz CT molecular complexity index is 847. The van der Waals surface area contributed by atoms with Crippen LogP contribution < -0.4 is 10.6 Å². The molecule has 0 aliphatic carbocycles. The molecule has 1 unspecified atom stereocenters. The van der Waals surface area contributed by atoms with E-state index < -0.39 is 68.2 Å². The molecular formula is C11H17N3. The van der Waals surface area contributed by atoms with E-state index >= 15 is 0 Å². The molecule has 2 heterocycles. The van der Waals surface area contributed by atoms with Crippen LogP contribution in [0.4, 0.5) is 11.5 Å². The number of hydrogen-bond acceptors (Lipinski definition) is 3. The summed E-state index contributed by atoms with van der Waals surface area (Å²) >= 11 is 0. The van der Waals surface area contributed by atoms with Gasteiger partial charge in [-0.1, -0.05) is 6.85 Å². The monoisotopic (exact) mass is 206 g/mol. The van der Waals surface area contributed by atoms with Crippen molar-refractivity contribution in [3.8, 4) is 0 Å². The van der Waals surface area contributed by atoms with Gasteiger partial charge < -0.3 is 10.6 Å². The molecule has 1 saturated heterocycles. The molecule has 3 nitrogen and oxygen atoms in total. The Morgan fingerprint density at radius 3 is 3.71 bits per heavy atom. The predicted octanol–water partition coefficient (Wildman–Crippen LogP) is 1.90. The van der Waals surface area contributed by atoms with Crippen molar-refractivity contribution in [1.82, 2.24) is 4.98 Å². The largest absolute Gasteiger partial charge is 0.396 e. The molecule has 14 heavy (non-hydrogen) atoms. The highest BCUT2D eigenvalue weighted by Gasteiger charge is 2.18. The maximum absolute atomic E-state index is 8.25. The van der Waals surface area contributed by atoms with Crippen LogP contribution in [-0.4, -0.2) is 18.0 Å². The molecule has 0 radical (unpaired) electrons. The molecule has 1 fully saturated rings. The maximum atomic E-state index is 8.25. The topological polar surface area (TPSA) is 42.2 Å². The molecule has 0 aromatic carbocycles. The standard InChI is InChI=1S/C11H17N3/c1-9-4-3-7-14(8-9)11-10(12)5-2-6-13-11/h2,5-6,9H,3-4,7-8,12H2,1H3/i1D3,2D,3D2,4D2,5D,6D,7D2,8D2,9D. The van der Waals surface area contributed by atoms with Crippen molar-refractivity contribution < 1.29 is 20.6 Å². The first-order valence-corrected chi connectivity index (χ1v) is 3.66. The fourth-order valence-corrected chi connectivity index (χ4v) is 0.883. The van der Waals surface area contributed by atoms with Crippen molar-refractivity contribution in [2.45, 2.75) is 19.6 Å². The zero-order valence-corrected chi connectivity index (χ0v) is 6.97. The summed E-state index contributed by atoms with van der Waals surface area (Å²) in [5.41, 5.74) is 4.78. The average molecular weight is 206 g/mol. The van der Waals surface area contributed by atoms with Crippen molar-refractivity contribution in [2.75, 3.05) is 23.6 Å². The molecule has 76 valence electrons. The van der Waals surface area contributed by atoms with Crippen molar-refractivity contribution in [3.05, 3.63) is 18.3 Å². The number of piperidine rings is 1. The smallest absolute Gasteiger partial charge is 0.151 e. The fraction of sp³-hybridized carbons (Fsp3) is 0.545. The first-order chi connectivity index (χ1) is 12.6. The third kappa shape index (κ3) is 1.81. The molecule has 2 rings (SSSR count). The Morgan fingerprint density at radius 2 is 2.86 bits per heavy atom. The van der Waals surface area contributed by atoms with E-state index in [1.54, 1.807) is 0 Å². The Morgan fingerprint density at radius 1 is 1.93 bits per heavy atom. The molecule has 0 saturated carbocycles. The van der Waals surface area contributed by atoms with Crippen LogP contribution >= 0.6 is 0 Å². The van der Waals surface area contributed by atoms with Crippen LogP contribution in [0.1, 0.15) is 40.2 Å². The molecule has 2 N–H and O–H groups in total. The lowest BCUT2D eigenvalue weighted by atomic mass is 10.0. The molecule has 1 aromatic heterocycles. The van der Waals surface area contributed by atoms with E-state index in [0.717, 1.165) is 0 Å².